The van der Waals surface area contributed by atoms with Crippen LogP contribution in [0.1, 0.15) is 53.5 Å². The van der Waals surface area contributed by atoms with Gasteiger partial charge in [0.15, 0.2) is 5.76 Å². The lowest BCUT2D eigenvalue weighted by Gasteiger charge is -2.28. The predicted molar refractivity (Wildman–Crippen MR) is 103 cm³/mol. The van der Waals surface area contributed by atoms with Crippen LogP contribution in [0, 0.1) is 5.92 Å². The Hall–Kier alpha value is -2.60. The van der Waals surface area contributed by atoms with Crippen LogP contribution in [-0.4, -0.2) is 31.1 Å². The van der Waals surface area contributed by atoms with Crippen LogP contribution in [0.3, 0.4) is 0 Å². The lowest BCUT2D eigenvalue weighted by atomic mass is 9.88. The van der Waals surface area contributed by atoms with E-state index in [0.717, 1.165) is 6.42 Å². The van der Waals surface area contributed by atoms with Crippen LogP contribution in [0.15, 0.2) is 47.1 Å². The smallest absolute Gasteiger partial charge is 0.291 e. The molecule has 144 valence electrons. The van der Waals surface area contributed by atoms with E-state index in [2.05, 4.69) is 17.6 Å². The quantitative estimate of drug-likeness (QED) is 0.725. The number of carbonyl (C=O) groups excluding carboxylic acids is 2. The lowest BCUT2D eigenvalue weighted by Crippen LogP contribution is -2.31. The fraction of sp³-hybridized carbons (Fsp3) is 0.429. The van der Waals surface area contributed by atoms with Gasteiger partial charge in [0, 0.05) is 17.8 Å². The summed E-state index contributed by atoms with van der Waals surface area (Å²) >= 11 is 0. The van der Waals surface area contributed by atoms with Gasteiger partial charge in [0.1, 0.15) is 0 Å². The highest BCUT2D eigenvalue weighted by atomic mass is 16.5. The molecule has 1 aromatic carbocycles. The summed E-state index contributed by atoms with van der Waals surface area (Å²) in [7, 11) is 0. The summed E-state index contributed by atoms with van der Waals surface area (Å²) in [4.78, 5) is 24.4. The molecule has 1 aliphatic carbocycles. The summed E-state index contributed by atoms with van der Waals surface area (Å²) < 4.78 is 11.0. The first-order valence-corrected chi connectivity index (χ1v) is 9.48. The molecular formula is C21H26N2O4. The minimum Gasteiger partial charge on any atom is -0.459 e. The highest BCUT2D eigenvalue weighted by Crippen LogP contribution is 2.26. The maximum Gasteiger partial charge on any atom is 0.291 e. The van der Waals surface area contributed by atoms with Gasteiger partial charge < -0.3 is 19.8 Å². The first-order chi connectivity index (χ1) is 13.1. The molecule has 6 heteroatoms. The van der Waals surface area contributed by atoms with Gasteiger partial charge in [-0.2, -0.15) is 0 Å². The molecule has 2 amide bonds. The van der Waals surface area contributed by atoms with Crippen LogP contribution in [0.4, 0.5) is 5.69 Å². The second-order valence-electron chi connectivity index (χ2n) is 6.94. The highest BCUT2D eigenvalue weighted by molar-refractivity contribution is 6.03. The van der Waals surface area contributed by atoms with E-state index in [-0.39, 0.29) is 17.6 Å². The third-order valence-electron chi connectivity index (χ3n) is 4.88. The predicted octanol–water partition coefficient (Wildman–Crippen LogP) is 3.86. The van der Waals surface area contributed by atoms with Crippen molar-refractivity contribution in [1.29, 1.82) is 0 Å². The molecule has 0 aliphatic heterocycles. The first-order valence-electron chi connectivity index (χ1n) is 9.48. The second-order valence-corrected chi connectivity index (χ2v) is 6.94. The fourth-order valence-electron chi connectivity index (χ4n) is 3.35. The molecular weight excluding hydrogens is 344 g/mol. The Labute approximate surface area is 159 Å². The molecule has 27 heavy (non-hydrogen) atoms. The molecule has 3 rings (SSSR count). The lowest BCUT2D eigenvalue weighted by molar-refractivity contribution is -0.00293. The van der Waals surface area contributed by atoms with Crippen molar-refractivity contribution < 1.29 is 18.7 Å². The SMILES string of the molecule is CC1CCCCC1OCCNC(=O)c1cccc(NC(=O)c2ccco2)c1. The molecule has 1 aliphatic rings. The summed E-state index contributed by atoms with van der Waals surface area (Å²) in [6.07, 6.45) is 6.56. The molecule has 0 spiro atoms. The number of carbonyl (C=O) groups is 2. The van der Waals surface area contributed by atoms with Crippen LogP contribution in [0.25, 0.3) is 0 Å². The maximum atomic E-state index is 12.3. The molecule has 0 bridgehead atoms. The fourth-order valence-corrected chi connectivity index (χ4v) is 3.35. The number of rotatable bonds is 7. The number of amides is 2. The Morgan fingerprint density at radius 1 is 1.15 bits per heavy atom. The molecule has 1 saturated carbocycles. The van der Waals surface area contributed by atoms with Gasteiger partial charge in [-0.1, -0.05) is 25.8 Å². The summed E-state index contributed by atoms with van der Waals surface area (Å²) in [5.74, 6) is 0.264. The average molecular weight is 370 g/mol. The van der Waals surface area contributed by atoms with Crippen molar-refractivity contribution in [2.24, 2.45) is 5.92 Å². The Kier molecular flexibility index (Phi) is 6.65. The summed E-state index contributed by atoms with van der Waals surface area (Å²) in [6.45, 7) is 3.20. The van der Waals surface area contributed by atoms with Crippen molar-refractivity contribution in [1.82, 2.24) is 5.32 Å². The number of benzene rings is 1. The molecule has 2 aromatic rings. The third kappa shape index (κ3) is 5.44. The molecule has 2 N–H and O–H groups in total. The molecule has 2 unspecified atom stereocenters. The van der Waals surface area contributed by atoms with Crippen LogP contribution in [0.2, 0.25) is 0 Å². The van der Waals surface area contributed by atoms with E-state index in [9.17, 15) is 9.59 Å². The summed E-state index contributed by atoms with van der Waals surface area (Å²) in [5, 5.41) is 5.58. The molecule has 0 radical (unpaired) electrons. The third-order valence-corrected chi connectivity index (χ3v) is 4.88. The van der Waals surface area contributed by atoms with E-state index < -0.39 is 0 Å². The zero-order valence-electron chi connectivity index (χ0n) is 15.6. The largest absolute Gasteiger partial charge is 0.459 e. The molecule has 1 heterocycles. The molecule has 0 saturated heterocycles. The Morgan fingerprint density at radius 2 is 2.00 bits per heavy atom. The minimum atomic E-state index is -0.354. The van der Waals surface area contributed by atoms with Crippen molar-refractivity contribution in [3.8, 4) is 0 Å². The van der Waals surface area contributed by atoms with Gasteiger partial charge in [-0.05, 0) is 49.1 Å². The van der Waals surface area contributed by atoms with Gasteiger partial charge in [0.05, 0.1) is 19.0 Å². The van der Waals surface area contributed by atoms with Gasteiger partial charge in [-0.3, -0.25) is 9.59 Å². The van der Waals surface area contributed by atoms with Crippen LogP contribution in [0.5, 0.6) is 0 Å². The van der Waals surface area contributed by atoms with E-state index in [4.69, 9.17) is 9.15 Å². The van der Waals surface area contributed by atoms with E-state index in [1.54, 1.807) is 36.4 Å². The van der Waals surface area contributed by atoms with Crippen molar-refractivity contribution in [2.75, 3.05) is 18.5 Å². The number of anilines is 1. The van der Waals surface area contributed by atoms with Crippen molar-refractivity contribution in [2.45, 2.75) is 38.7 Å². The molecule has 2 atom stereocenters. The van der Waals surface area contributed by atoms with Gasteiger partial charge in [-0.25, -0.2) is 0 Å². The minimum absolute atomic E-state index is 0.190. The number of ether oxygens (including phenoxy) is 1. The van der Waals surface area contributed by atoms with Gasteiger partial charge >= 0.3 is 0 Å². The van der Waals surface area contributed by atoms with Crippen molar-refractivity contribution in [3.63, 3.8) is 0 Å². The topological polar surface area (TPSA) is 80.6 Å². The van der Waals surface area contributed by atoms with Crippen LogP contribution >= 0.6 is 0 Å². The van der Waals surface area contributed by atoms with Gasteiger partial charge in [-0.15, -0.1) is 0 Å². The number of hydrogen-bond acceptors (Lipinski definition) is 4. The van der Waals surface area contributed by atoms with E-state index in [1.807, 2.05) is 0 Å². The second kappa shape index (κ2) is 9.37. The Morgan fingerprint density at radius 3 is 2.78 bits per heavy atom. The van der Waals surface area contributed by atoms with Crippen molar-refractivity contribution in [3.05, 3.63) is 54.0 Å². The van der Waals surface area contributed by atoms with Gasteiger partial charge in [0.2, 0.25) is 0 Å². The average Bonchev–Trinajstić information content (AvgIpc) is 3.21. The van der Waals surface area contributed by atoms with Crippen LogP contribution < -0.4 is 10.6 Å². The summed E-state index contributed by atoms with van der Waals surface area (Å²) in [5.41, 5.74) is 1.02. The standard InChI is InChI=1S/C21H26N2O4/c1-15-6-2-3-9-18(15)27-13-11-22-20(24)16-7-4-8-17(14-16)23-21(25)19-10-5-12-26-19/h4-5,7-8,10,12,14-15,18H,2-3,6,9,11,13H2,1H3,(H,22,24)(H,23,25). The zero-order valence-corrected chi connectivity index (χ0v) is 15.6. The molecule has 1 aromatic heterocycles. The maximum absolute atomic E-state index is 12.3. The van der Waals surface area contributed by atoms with Gasteiger partial charge in [0.25, 0.3) is 11.8 Å². The van der Waals surface area contributed by atoms with Crippen molar-refractivity contribution >= 4 is 17.5 Å². The number of hydrogen-bond donors (Lipinski definition) is 2. The molecule has 6 nitrogen and oxygen atoms in total. The van der Waals surface area contributed by atoms with E-state index >= 15 is 0 Å². The van der Waals surface area contributed by atoms with E-state index in [0.29, 0.717) is 36.4 Å². The first kappa shape index (κ1) is 19.2. The molecule has 1 fully saturated rings. The normalized spacial score (nSPS) is 19.4. The van der Waals surface area contributed by atoms with E-state index in [1.165, 1.54) is 25.5 Å². The monoisotopic (exact) mass is 370 g/mol. The summed E-state index contributed by atoms with van der Waals surface area (Å²) in [6, 6.07) is 10.0. The number of nitrogens with one attached hydrogen (secondary N) is 2. The Balaban J connectivity index is 1.46. The number of furan rings is 1. The zero-order chi connectivity index (χ0) is 19.1. The van der Waals surface area contributed by atoms with Crippen LogP contribution in [-0.2, 0) is 4.74 Å². The Bertz CT molecular complexity index is 757. The highest BCUT2D eigenvalue weighted by Gasteiger charge is 2.21.